The van der Waals surface area contributed by atoms with Gasteiger partial charge in [-0.15, -0.1) is 0 Å². The summed E-state index contributed by atoms with van der Waals surface area (Å²) in [4.78, 5) is 4.25. The topological polar surface area (TPSA) is 71.1 Å². The average molecular weight is 255 g/mol. The van der Waals surface area contributed by atoms with Crippen LogP contribution in [0.1, 0.15) is 12.0 Å². The Kier molecular flexibility index (Phi) is 3.24. The Hall–Kier alpha value is -1.30. The summed E-state index contributed by atoms with van der Waals surface area (Å²) in [6.07, 6.45) is 3.61. The van der Waals surface area contributed by atoms with Crippen molar-refractivity contribution in [2.45, 2.75) is 19.4 Å². The van der Waals surface area contributed by atoms with Gasteiger partial charge in [-0.25, -0.2) is 13.4 Å². The molecule has 1 aromatic rings. The van der Waals surface area contributed by atoms with Gasteiger partial charge in [0.05, 0.1) is 11.4 Å². The van der Waals surface area contributed by atoms with Crippen molar-refractivity contribution in [1.29, 1.82) is 0 Å². The van der Waals surface area contributed by atoms with Crippen LogP contribution in [0.4, 0.5) is 11.5 Å². The van der Waals surface area contributed by atoms with Gasteiger partial charge in [0.1, 0.15) is 15.7 Å². The van der Waals surface area contributed by atoms with Gasteiger partial charge in [0.2, 0.25) is 0 Å². The Balaban J connectivity index is 2.04. The van der Waals surface area contributed by atoms with Crippen LogP contribution in [-0.2, 0) is 9.84 Å². The van der Waals surface area contributed by atoms with Crippen molar-refractivity contribution in [3.8, 4) is 0 Å². The third-order valence-corrected chi connectivity index (χ3v) is 3.84. The molecule has 1 unspecified atom stereocenters. The van der Waals surface area contributed by atoms with E-state index < -0.39 is 9.84 Å². The van der Waals surface area contributed by atoms with E-state index in [1.165, 1.54) is 6.26 Å². The largest absolute Gasteiger partial charge is 0.380 e. The maximum atomic E-state index is 11.1. The van der Waals surface area contributed by atoms with Gasteiger partial charge >= 0.3 is 0 Å². The van der Waals surface area contributed by atoms with E-state index in [9.17, 15) is 8.42 Å². The minimum atomic E-state index is -2.90. The molecule has 0 radical (unpaired) electrons. The lowest BCUT2D eigenvalue weighted by atomic mass is 10.1. The van der Waals surface area contributed by atoms with Crippen LogP contribution < -0.4 is 10.6 Å². The maximum Gasteiger partial charge on any atom is 0.149 e. The number of fused-ring (bicyclic) bond motifs is 1. The molecule has 17 heavy (non-hydrogen) atoms. The summed E-state index contributed by atoms with van der Waals surface area (Å²) in [5, 5.41) is 6.57. The number of hydrogen-bond donors (Lipinski definition) is 2. The molecule has 0 saturated carbocycles. The molecule has 2 rings (SSSR count). The van der Waals surface area contributed by atoms with Crippen LogP contribution in [-0.4, -0.2) is 38.0 Å². The number of pyridine rings is 1. The lowest BCUT2D eigenvalue weighted by Crippen LogP contribution is -2.35. The molecule has 94 valence electrons. The van der Waals surface area contributed by atoms with Crippen molar-refractivity contribution in [1.82, 2.24) is 4.98 Å². The second-order valence-corrected chi connectivity index (χ2v) is 6.75. The summed E-state index contributed by atoms with van der Waals surface area (Å²) in [7, 11) is -2.90. The third kappa shape index (κ3) is 3.09. The molecule has 2 heterocycles. The van der Waals surface area contributed by atoms with E-state index in [0.717, 1.165) is 23.6 Å². The van der Waals surface area contributed by atoms with Crippen LogP contribution in [0.5, 0.6) is 0 Å². The fraction of sp³-hybridized carbons (Fsp3) is 0.545. The fourth-order valence-corrected chi connectivity index (χ4v) is 2.60. The van der Waals surface area contributed by atoms with Gasteiger partial charge in [-0.3, -0.25) is 0 Å². The van der Waals surface area contributed by atoms with Crippen LogP contribution >= 0.6 is 0 Å². The monoisotopic (exact) mass is 255 g/mol. The molecule has 5 nitrogen and oxygen atoms in total. The second kappa shape index (κ2) is 4.52. The number of nitrogens with one attached hydrogen (secondary N) is 2. The molecule has 1 atom stereocenters. The molecule has 0 bridgehead atoms. The van der Waals surface area contributed by atoms with Crippen LogP contribution in [0.15, 0.2) is 12.3 Å². The predicted octanol–water partition coefficient (Wildman–Crippen LogP) is 1.03. The zero-order chi connectivity index (χ0) is 12.5. The predicted molar refractivity (Wildman–Crippen MR) is 69.2 cm³/mol. The van der Waals surface area contributed by atoms with Crippen LogP contribution in [0.25, 0.3) is 0 Å². The fourth-order valence-electron chi connectivity index (χ4n) is 1.89. The average Bonchev–Trinajstić information content (AvgIpc) is 2.26. The third-order valence-electron chi connectivity index (χ3n) is 2.86. The normalized spacial score (nSPS) is 19.1. The summed E-state index contributed by atoms with van der Waals surface area (Å²) < 4.78 is 22.2. The lowest BCUT2D eigenvalue weighted by molar-refractivity contribution is 0.593. The standard InChI is InChI=1S/C11H17N3O2S/c1-8-3-5-12-11-10(8)13-7-9(14-11)4-6-17(2,15)16/h3,5,9,13H,4,6-7H2,1-2H3,(H,12,14). The van der Waals surface area contributed by atoms with E-state index in [4.69, 9.17) is 0 Å². The minimum Gasteiger partial charge on any atom is -0.380 e. The smallest absolute Gasteiger partial charge is 0.149 e. The first-order valence-electron chi connectivity index (χ1n) is 5.59. The number of sulfone groups is 1. The van der Waals surface area contributed by atoms with Gasteiger partial charge in [-0.2, -0.15) is 0 Å². The summed E-state index contributed by atoms with van der Waals surface area (Å²) in [6, 6.07) is 2.07. The van der Waals surface area contributed by atoms with Gasteiger partial charge in [0, 0.05) is 25.0 Å². The molecule has 0 fully saturated rings. The lowest BCUT2D eigenvalue weighted by Gasteiger charge is -2.28. The number of aromatic nitrogens is 1. The Morgan fingerprint density at radius 1 is 1.53 bits per heavy atom. The van der Waals surface area contributed by atoms with Crippen molar-refractivity contribution in [2.75, 3.05) is 29.2 Å². The summed E-state index contributed by atoms with van der Waals surface area (Å²) >= 11 is 0. The Morgan fingerprint density at radius 3 is 3.00 bits per heavy atom. The van der Waals surface area contributed by atoms with Gasteiger partial charge in [-0.05, 0) is 25.0 Å². The van der Waals surface area contributed by atoms with Gasteiger partial charge in [0.15, 0.2) is 0 Å². The van der Waals surface area contributed by atoms with E-state index in [0.29, 0.717) is 6.42 Å². The molecule has 0 spiro atoms. The number of hydrogen-bond acceptors (Lipinski definition) is 5. The molecule has 0 aromatic carbocycles. The highest BCUT2D eigenvalue weighted by molar-refractivity contribution is 7.90. The Morgan fingerprint density at radius 2 is 2.29 bits per heavy atom. The molecule has 1 aliphatic heterocycles. The van der Waals surface area contributed by atoms with E-state index in [1.54, 1.807) is 6.20 Å². The highest BCUT2D eigenvalue weighted by Crippen LogP contribution is 2.27. The molecule has 2 N–H and O–H groups in total. The van der Waals surface area contributed by atoms with Crippen molar-refractivity contribution in [2.24, 2.45) is 0 Å². The van der Waals surface area contributed by atoms with Crippen LogP contribution in [0.2, 0.25) is 0 Å². The summed E-state index contributed by atoms with van der Waals surface area (Å²) in [6.45, 7) is 2.75. The molecule has 6 heteroatoms. The molecule has 0 saturated heterocycles. The summed E-state index contributed by atoms with van der Waals surface area (Å²) in [5.41, 5.74) is 2.16. The Bertz CT molecular complexity index is 513. The number of aryl methyl sites for hydroxylation is 1. The highest BCUT2D eigenvalue weighted by Gasteiger charge is 2.20. The molecular formula is C11H17N3O2S. The summed E-state index contributed by atoms with van der Waals surface area (Å²) in [5.74, 6) is 1.02. The van der Waals surface area contributed by atoms with E-state index in [2.05, 4.69) is 15.6 Å². The molecule has 0 aliphatic carbocycles. The molecule has 1 aromatic heterocycles. The van der Waals surface area contributed by atoms with Crippen molar-refractivity contribution < 1.29 is 8.42 Å². The van der Waals surface area contributed by atoms with Gasteiger partial charge < -0.3 is 10.6 Å². The number of nitrogens with zero attached hydrogens (tertiary/aromatic N) is 1. The van der Waals surface area contributed by atoms with E-state index in [-0.39, 0.29) is 11.8 Å². The number of anilines is 2. The first-order chi connectivity index (χ1) is 7.96. The zero-order valence-electron chi connectivity index (χ0n) is 10.0. The quantitative estimate of drug-likeness (QED) is 0.844. The number of rotatable bonds is 3. The minimum absolute atomic E-state index is 0.117. The van der Waals surface area contributed by atoms with Crippen LogP contribution in [0.3, 0.4) is 0 Å². The van der Waals surface area contributed by atoms with Crippen LogP contribution in [0, 0.1) is 6.92 Å². The highest BCUT2D eigenvalue weighted by atomic mass is 32.2. The van der Waals surface area contributed by atoms with Crippen molar-refractivity contribution in [3.63, 3.8) is 0 Å². The molecule has 1 aliphatic rings. The second-order valence-electron chi connectivity index (χ2n) is 4.49. The van der Waals surface area contributed by atoms with Crippen molar-refractivity contribution in [3.05, 3.63) is 17.8 Å². The van der Waals surface area contributed by atoms with Crippen molar-refractivity contribution >= 4 is 21.3 Å². The first-order valence-corrected chi connectivity index (χ1v) is 7.65. The Labute approximate surface area is 102 Å². The maximum absolute atomic E-state index is 11.1. The van der Waals surface area contributed by atoms with Gasteiger partial charge in [0.25, 0.3) is 0 Å². The molecular weight excluding hydrogens is 238 g/mol. The SMILES string of the molecule is Cc1ccnc2c1NCC(CCS(C)(=O)=O)N2. The van der Waals surface area contributed by atoms with Gasteiger partial charge in [-0.1, -0.05) is 0 Å². The van der Waals surface area contributed by atoms with E-state index >= 15 is 0 Å². The van der Waals surface area contributed by atoms with E-state index in [1.807, 2.05) is 13.0 Å². The molecule has 0 amide bonds. The first kappa shape index (κ1) is 12.2. The zero-order valence-corrected chi connectivity index (χ0v) is 10.8.